The van der Waals surface area contributed by atoms with Crippen LogP contribution < -0.4 is 5.32 Å². The van der Waals surface area contributed by atoms with Crippen LogP contribution in [0.4, 0.5) is 4.79 Å². The van der Waals surface area contributed by atoms with Crippen molar-refractivity contribution in [1.29, 1.82) is 0 Å². The van der Waals surface area contributed by atoms with Gasteiger partial charge in [0.25, 0.3) is 0 Å². The highest BCUT2D eigenvalue weighted by Gasteiger charge is 2.79. The normalized spacial score (nSPS) is 52.9. The third-order valence-corrected chi connectivity index (χ3v) is 7.83. The average molecular weight is 319 g/mol. The van der Waals surface area contributed by atoms with E-state index in [1.54, 1.807) is 0 Å². The van der Waals surface area contributed by atoms with Crippen molar-refractivity contribution in [3.05, 3.63) is 0 Å². The third kappa shape index (κ3) is 1.63. The Balaban J connectivity index is 1.61. The summed E-state index contributed by atoms with van der Waals surface area (Å²) in [5, 5.41) is 5.49. The van der Waals surface area contributed by atoms with E-state index in [1.807, 2.05) is 0 Å². The Labute approximate surface area is 138 Å². The minimum Gasteiger partial charge on any atom is -0.348 e. The van der Waals surface area contributed by atoms with Gasteiger partial charge < -0.3 is 9.74 Å². The molecule has 5 nitrogen and oxygen atoms in total. The number of nitrogens with zero attached hydrogens (tertiary/aromatic N) is 2. The third-order valence-electron chi connectivity index (χ3n) is 7.83. The summed E-state index contributed by atoms with van der Waals surface area (Å²) in [4.78, 5) is 20.4. The van der Waals surface area contributed by atoms with E-state index in [2.05, 4.69) is 29.3 Å². The van der Waals surface area contributed by atoms with Crippen LogP contribution in [-0.2, 0) is 4.84 Å². The van der Waals surface area contributed by atoms with Gasteiger partial charge >= 0.3 is 6.09 Å². The number of hydrogen-bond acceptors (Lipinski definition) is 4. The molecule has 2 saturated carbocycles. The predicted molar refractivity (Wildman–Crippen MR) is 86.4 cm³/mol. The van der Waals surface area contributed by atoms with Crippen LogP contribution in [0.15, 0.2) is 0 Å². The van der Waals surface area contributed by atoms with Crippen LogP contribution in [0.1, 0.15) is 51.9 Å². The van der Waals surface area contributed by atoms with E-state index < -0.39 is 0 Å². The molecule has 5 fully saturated rings. The summed E-state index contributed by atoms with van der Waals surface area (Å²) < 4.78 is 0. The molecule has 0 aromatic carbocycles. The molecule has 5 heteroatoms. The first kappa shape index (κ1) is 14.5. The molecule has 0 aromatic heterocycles. The zero-order valence-electron chi connectivity index (χ0n) is 14.4. The van der Waals surface area contributed by atoms with Crippen molar-refractivity contribution in [2.45, 2.75) is 63.6 Å². The first-order valence-corrected chi connectivity index (χ1v) is 9.55. The van der Waals surface area contributed by atoms with Gasteiger partial charge in [0.1, 0.15) is 5.66 Å². The fourth-order valence-electron chi connectivity index (χ4n) is 7.39. The number of hydrogen-bond donors (Lipinski definition) is 1. The van der Waals surface area contributed by atoms with Gasteiger partial charge in [0.15, 0.2) is 0 Å². The summed E-state index contributed by atoms with van der Waals surface area (Å²) in [5.41, 5.74) is 0.0461. The smallest absolute Gasteiger partial charge is 0.348 e. The summed E-state index contributed by atoms with van der Waals surface area (Å²) >= 11 is 0. The highest BCUT2D eigenvalue weighted by Crippen LogP contribution is 2.72. The Morgan fingerprint density at radius 3 is 2.96 bits per heavy atom. The van der Waals surface area contributed by atoms with Gasteiger partial charge in [-0.25, -0.2) is 4.79 Å². The number of rotatable bonds is 0. The number of carbonyl (C=O) groups is 1. The molecule has 1 amide bonds. The molecule has 2 spiro atoms. The lowest BCUT2D eigenvalue weighted by Crippen LogP contribution is -2.67. The Kier molecular flexibility index (Phi) is 2.92. The highest BCUT2D eigenvalue weighted by molar-refractivity contribution is 5.71. The Morgan fingerprint density at radius 1 is 1.26 bits per heavy atom. The molecule has 5 aliphatic rings. The fourth-order valence-corrected chi connectivity index (χ4v) is 7.39. The molecule has 1 unspecified atom stereocenters. The average Bonchev–Trinajstić information content (AvgIpc) is 3.03. The number of carbonyl (C=O) groups excluding carboxylic acids is 1. The Morgan fingerprint density at radius 2 is 2.09 bits per heavy atom. The van der Waals surface area contributed by atoms with Crippen LogP contribution in [0, 0.1) is 23.2 Å². The van der Waals surface area contributed by atoms with Crippen LogP contribution in [0.25, 0.3) is 0 Å². The molecule has 128 valence electrons. The monoisotopic (exact) mass is 319 g/mol. The second kappa shape index (κ2) is 4.63. The van der Waals surface area contributed by atoms with E-state index in [4.69, 9.17) is 4.84 Å². The zero-order valence-corrected chi connectivity index (χ0v) is 14.4. The summed E-state index contributed by atoms with van der Waals surface area (Å²) in [6.07, 6.45) is 8.50. The van der Waals surface area contributed by atoms with Crippen molar-refractivity contribution < 1.29 is 9.63 Å². The first-order chi connectivity index (χ1) is 11.1. The van der Waals surface area contributed by atoms with Crippen molar-refractivity contribution in [1.82, 2.24) is 15.3 Å². The maximum Gasteiger partial charge on any atom is 0.427 e. The van der Waals surface area contributed by atoms with Gasteiger partial charge in [-0.3, -0.25) is 5.32 Å². The molecule has 23 heavy (non-hydrogen) atoms. The summed E-state index contributed by atoms with van der Waals surface area (Å²) in [6.45, 7) is 4.75. The fraction of sp³-hybridized carbons (Fsp3) is 0.944. The van der Waals surface area contributed by atoms with Gasteiger partial charge in [-0.1, -0.05) is 6.92 Å². The van der Waals surface area contributed by atoms with E-state index in [0.717, 1.165) is 12.3 Å². The molecule has 3 aliphatic heterocycles. The number of amides is 1. The van der Waals surface area contributed by atoms with Crippen LogP contribution >= 0.6 is 0 Å². The number of nitrogens with one attached hydrogen (secondary N) is 1. The summed E-state index contributed by atoms with van der Waals surface area (Å²) in [5.74, 6) is 2.14. The summed E-state index contributed by atoms with van der Waals surface area (Å²) in [6, 6.07) is 0.454. The zero-order chi connectivity index (χ0) is 15.8. The van der Waals surface area contributed by atoms with Gasteiger partial charge in [-0.2, -0.15) is 0 Å². The standard InChI is InChI=1S/C18H29N3O2/c1-12-9-13-10-15-14-5-3-7-20(2)8-4-6-17(13,14)18(11-12)19-16(22)23-21(15)18/h12-15H,3-11H2,1-2H3,(H,19,22)/t12-,13?,14+,15+,17+,18+/m1/s1. The Hall–Kier alpha value is -0.810. The maximum absolute atomic E-state index is 12.1. The molecular formula is C18H29N3O2. The minimum absolute atomic E-state index is 0.205. The van der Waals surface area contributed by atoms with Crippen molar-refractivity contribution in [3.8, 4) is 0 Å². The lowest BCUT2D eigenvalue weighted by atomic mass is 9.54. The van der Waals surface area contributed by atoms with Crippen LogP contribution in [0.3, 0.4) is 0 Å². The second-order valence-corrected chi connectivity index (χ2v) is 8.93. The van der Waals surface area contributed by atoms with E-state index in [0.29, 0.717) is 17.9 Å². The van der Waals surface area contributed by atoms with Gasteiger partial charge in [0.05, 0.1) is 6.04 Å². The van der Waals surface area contributed by atoms with E-state index in [-0.39, 0.29) is 17.2 Å². The van der Waals surface area contributed by atoms with Crippen LogP contribution in [0.2, 0.25) is 0 Å². The molecule has 3 saturated heterocycles. The van der Waals surface area contributed by atoms with Crippen molar-refractivity contribution in [3.63, 3.8) is 0 Å². The van der Waals surface area contributed by atoms with Gasteiger partial charge in [-0.05, 0) is 82.8 Å². The van der Waals surface area contributed by atoms with Gasteiger partial charge in [0.2, 0.25) is 0 Å². The summed E-state index contributed by atoms with van der Waals surface area (Å²) in [7, 11) is 2.25. The molecule has 3 heterocycles. The lowest BCUT2D eigenvalue weighted by Gasteiger charge is -2.56. The molecule has 1 N–H and O–H groups in total. The first-order valence-electron chi connectivity index (χ1n) is 9.55. The predicted octanol–water partition coefficient (Wildman–Crippen LogP) is 2.58. The SMILES string of the molecule is C[C@@H]1CC2C[C@H]3[C@@H]4CCCN(C)CCC[C@]24[C@@]2(C1)NC(=O)ON32. The topological polar surface area (TPSA) is 44.8 Å². The molecule has 2 aliphatic carbocycles. The van der Waals surface area contributed by atoms with Crippen molar-refractivity contribution in [2.24, 2.45) is 23.2 Å². The van der Waals surface area contributed by atoms with Crippen LogP contribution in [-0.4, -0.2) is 47.9 Å². The number of fused-ring (bicyclic) bond motifs is 1. The van der Waals surface area contributed by atoms with Crippen LogP contribution in [0.5, 0.6) is 0 Å². The molecule has 0 radical (unpaired) electrons. The van der Waals surface area contributed by atoms with E-state index >= 15 is 0 Å². The van der Waals surface area contributed by atoms with E-state index in [9.17, 15) is 4.79 Å². The van der Waals surface area contributed by atoms with Gasteiger partial charge in [-0.15, -0.1) is 5.06 Å². The minimum atomic E-state index is -0.209. The molecular weight excluding hydrogens is 290 g/mol. The highest BCUT2D eigenvalue weighted by atomic mass is 16.7. The lowest BCUT2D eigenvalue weighted by molar-refractivity contribution is -0.211. The molecule has 2 bridgehead atoms. The molecule has 5 rings (SSSR count). The van der Waals surface area contributed by atoms with Crippen molar-refractivity contribution >= 4 is 6.09 Å². The molecule has 0 aromatic rings. The quantitative estimate of drug-likeness (QED) is 0.745. The number of hydroxylamine groups is 2. The van der Waals surface area contributed by atoms with Gasteiger partial charge in [0, 0.05) is 5.41 Å². The largest absolute Gasteiger partial charge is 0.427 e. The molecule has 6 atom stereocenters. The maximum atomic E-state index is 12.1. The second-order valence-electron chi connectivity index (χ2n) is 8.93. The van der Waals surface area contributed by atoms with Crippen molar-refractivity contribution in [2.75, 3.05) is 20.1 Å². The number of piperidine rings is 1. The van der Waals surface area contributed by atoms with E-state index in [1.165, 1.54) is 51.6 Å². The Bertz CT molecular complexity index is 540.